The van der Waals surface area contributed by atoms with Crippen molar-refractivity contribution in [3.63, 3.8) is 0 Å². The van der Waals surface area contributed by atoms with E-state index in [2.05, 4.69) is 35.6 Å². The molecule has 3 rings (SSSR count). The fourth-order valence-corrected chi connectivity index (χ4v) is 4.77. The normalized spacial score (nSPS) is 15.6. The van der Waals surface area contributed by atoms with E-state index in [4.69, 9.17) is 4.42 Å². The number of hydrogen-bond acceptors (Lipinski definition) is 5. The summed E-state index contributed by atoms with van der Waals surface area (Å²) in [4.78, 5) is 16.8. The molecule has 1 amide bonds. The van der Waals surface area contributed by atoms with Gasteiger partial charge in [-0.25, -0.2) is 13.1 Å². The van der Waals surface area contributed by atoms with Crippen molar-refractivity contribution in [2.24, 2.45) is 0 Å². The van der Waals surface area contributed by atoms with Crippen LogP contribution in [0, 0.1) is 13.8 Å². The number of anilines is 1. The van der Waals surface area contributed by atoms with Crippen LogP contribution in [0.4, 0.5) is 5.69 Å². The average molecular weight is 420 g/mol. The van der Waals surface area contributed by atoms with Gasteiger partial charge in [0.2, 0.25) is 5.09 Å². The van der Waals surface area contributed by atoms with Crippen molar-refractivity contribution in [1.82, 2.24) is 9.62 Å². The van der Waals surface area contributed by atoms with Gasteiger partial charge < -0.3 is 14.2 Å². The van der Waals surface area contributed by atoms with Crippen LogP contribution < -0.4 is 9.62 Å². The largest absolute Gasteiger partial charge is 0.438 e. The molecule has 2 heterocycles. The third-order valence-electron chi connectivity index (χ3n) is 4.98. The van der Waals surface area contributed by atoms with E-state index in [0.29, 0.717) is 26.2 Å². The number of hydrogen-bond donors (Lipinski definition) is 1. The number of furan rings is 1. The molecular formula is C21H29N3O4S. The number of amides is 1. The van der Waals surface area contributed by atoms with Crippen LogP contribution in [0.25, 0.3) is 0 Å². The monoisotopic (exact) mass is 419 g/mol. The highest BCUT2D eigenvalue weighted by Crippen LogP contribution is 2.24. The number of benzene rings is 1. The Labute approximate surface area is 172 Å². The van der Waals surface area contributed by atoms with Gasteiger partial charge in [0.15, 0.2) is 5.76 Å². The number of nitrogens with zero attached hydrogens (tertiary/aromatic N) is 2. The molecule has 0 saturated carbocycles. The molecule has 158 valence electrons. The van der Waals surface area contributed by atoms with Gasteiger partial charge in [-0.3, -0.25) is 4.79 Å². The fraction of sp³-hybridized carbons (Fsp3) is 0.476. The van der Waals surface area contributed by atoms with Gasteiger partial charge in [-0.15, -0.1) is 0 Å². The van der Waals surface area contributed by atoms with Gasteiger partial charge >= 0.3 is 0 Å². The SMILES string of the molecule is Cc1cccc(N2CCN(C(=O)c3ccc(S(=O)(=O)NC(C)(C)C)o3)CC2)c1C. The van der Waals surface area contributed by atoms with Crippen LogP contribution in [-0.2, 0) is 10.0 Å². The molecule has 1 saturated heterocycles. The quantitative estimate of drug-likeness (QED) is 0.824. The highest BCUT2D eigenvalue weighted by Gasteiger charge is 2.29. The van der Waals surface area contributed by atoms with Gasteiger partial charge in [-0.05, 0) is 63.9 Å². The number of carbonyl (C=O) groups is 1. The molecule has 0 unspecified atom stereocenters. The molecule has 8 heteroatoms. The van der Waals surface area contributed by atoms with Crippen LogP contribution in [0.2, 0.25) is 0 Å². The van der Waals surface area contributed by atoms with Gasteiger partial charge in [0.1, 0.15) is 0 Å². The summed E-state index contributed by atoms with van der Waals surface area (Å²) in [5.74, 6) is -0.248. The van der Waals surface area contributed by atoms with E-state index in [-0.39, 0.29) is 16.8 Å². The molecule has 1 aliphatic heterocycles. The third kappa shape index (κ3) is 4.82. The van der Waals surface area contributed by atoms with E-state index in [1.807, 2.05) is 6.07 Å². The minimum absolute atomic E-state index is 0.0412. The molecular weight excluding hydrogens is 390 g/mol. The van der Waals surface area contributed by atoms with Gasteiger partial charge in [0.25, 0.3) is 15.9 Å². The van der Waals surface area contributed by atoms with E-state index < -0.39 is 15.6 Å². The third-order valence-corrected chi connectivity index (χ3v) is 6.61. The summed E-state index contributed by atoms with van der Waals surface area (Å²) in [5.41, 5.74) is 3.05. The molecule has 1 N–H and O–H groups in total. The van der Waals surface area contributed by atoms with Crippen molar-refractivity contribution >= 4 is 21.6 Å². The lowest BCUT2D eigenvalue weighted by Gasteiger charge is -2.36. The highest BCUT2D eigenvalue weighted by molar-refractivity contribution is 7.89. The smallest absolute Gasteiger partial charge is 0.289 e. The minimum Gasteiger partial charge on any atom is -0.438 e. The maximum absolute atomic E-state index is 12.8. The van der Waals surface area contributed by atoms with Crippen LogP contribution in [0.3, 0.4) is 0 Å². The second-order valence-corrected chi connectivity index (χ2v) is 10.1. The summed E-state index contributed by atoms with van der Waals surface area (Å²) in [6, 6.07) is 9.00. The number of nitrogens with one attached hydrogen (secondary N) is 1. The molecule has 1 aromatic carbocycles. The van der Waals surface area contributed by atoms with Crippen molar-refractivity contribution in [2.45, 2.75) is 45.2 Å². The summed E-state index contributed by atoms with van der Waals surface area (Å²) < 4.78 is 32.7. The van der Waals surface area contributed by atoms with Crippen LogP contribution in [0.1, 0.15) is 42.5 Å². The Balaban J connectivity index is 1.67. The van der Waals surface area contributed by atoms with Crippen LogP contribution in [0.5, 0.6) is 0 Å². The van der Waals surface area contributed by atoms with Crippen molar-refractivity contribution in [3.8, 4) is 0 Å². The molecule has 0 radical (unpaired) electrons. The second-order valence-electron chi connectivity index (χ2n) is 8.47. The Morgan fingerprint density at radius 2 is 1.69 bits per heavy atom. The molecule has 0 aliphatic carbocycles. The molecule has 0 bridgehead atoms. The molecule has 0 atom stereocenters. The number of carbonyl (C=O) groups excluding carboxylic acids is 1. The van der Waals surface area contributed by atoms with Gasteiger partial charge in [-0.1, -0.05) is 12.1 Å². The molecule has 1 aliphatic rings. The molecule has 1 aromatic heterocycles. The Hall–Kier alpha value is -2.32. The zero-order chi connectivity index (χ0) is 21.4. The Bertz CT molecular complexity index is 997. The number of aryl methyl sites for hydroxylation is 1. The molecule has 1 fully saturated rings. The summed E-state index contributed by atoms with van der Waals surface area (Å²) in [6.07, 6.45) is 0. The lowest BCUT2D eigenvalue weighted by molar-refractivity contribution is 0.0709. The van der Waals surface area contributed by atoms with Crippen molar-refractivity contribution in [2.75, 3.05) is 31.1 Å². The van der Waals surface area contributed by atoms with E-state index in [0.717, 1.165) is 0 Å². The summed E-state index contributed by atoms with van der Waals surface area (Å²) in [6.45, 7) is 12.0. The van der Waals surface area contributed by atoms with Gasteiger partial charge in [0.05, 0.1) is 0 Å². The molecule has 7 nitrogen and oxygen atoms in total. The lowest BCUT2D eigenvalue weighted by atomic mass is 10.1. The summed E-state index contributed by atoms with van der Waals surface area (Å²) in [5, 5.41) is -0.246. The molecule has 29 heavy (non-hydrogen) atoms. The Morgan fingerprint density at radius 1 is 1.03 bits per heavy atom. The number of piperazine rings is 1. The van der Waals surface area contributed by atoms with E-state index in [9.17, 15) is 13.2 Å². The van der Waals surface area contributed by atoms with Crippen molar-refractivity contribution in [3.05, 3.63) is 47.2 Å². The van der Waals surface area contributed by atoms with Crippen LogP contribution in [-0.4, -0.2) is 50.9 Å². The van der Waals surface area contributed by atoms with E-state index in [1.54, 1.807) is 25.7 Å². The molecule has 0 spiro atoms. The first-order valence-corrected chi connectivity index (χ1v) is 11.2. The first kappa shape index (κ1) is 21.4. The predicted octanol–water partition coefficient (Wildman–Crippen LogP) is 2.94. The van der Waals surface area contributed by atoms with Crippen molar-refractivity contribution in [1.29, 1.82) is 0 Å². The highest BCUT2D eigenvalue weighted by atomic mass is 32.2. The summed E-state index contributed by atoms with van der Waals surface area (Å²) >= 11 is 0. The molecule has 2 aromatic rings. The zero-order valence-corrected chi connectivity index (χ0v) is 18.5. The average Bonchev–Trinajstić information content (AvgIpc) is 3.13. The predicted molar refractivity (Wildman–Crippen MR) is 113 cm³/mol. The lowest BCUT2D eigenvalue weighted by Crippen LogP contribution is -2.49. The topological polar surface area (TPSA) is 82.9 Å². The van der Waals surface area contributed by atoms with Crippen LogP contribution >= 0.6 is 0 Å². The summed E-state index contributed by atoms with van der Waals surface area (Å²) in [7, 11) is -3.81. The maximum atomic E-state index is 12.8. The second kappa shape index (κ2) is 7.84. The maximum Gasteiger partial charge on any atom is 0.289 e. The van der Waals surface area contributed by atoms with Gasteiger partial charge in [0, 0.05) is 37.4 Å². The zero-order valence-electron chi connectivity index (χ0n) is 17.7. The standard InChI is InChI=1S/C21H29N3O4S/c1-15-7-6-8-17(16(15)2)23-11-13-24(14-12-23)20(25)18-9-10-19(28-18)29(26,27)22-21(3,4)5/h6-10,22H,11-14H2,1-5H3. The first-order valence-electron chi connectivity index (χ1n) is 9.72. The van der Waals surface area contributed by atoms with Crippen LogP contribution in [0.15, 0.2) is 39.8 Å². The van der Waals surface area contributed by atoms with Crippen molar-refractivity contribution < 1.29 is 17.6 Å². The van der Waals surface area contributed by atoms with Gasteiger partial charge in [-0.2, -0.15) is 0 Å². The Morgan fingerprint density at radius 3 is 2.31 bits per heavy atom. The van der Waals surface area contributed by atoms with E-state index in [1.165, 1.54) is 28.9 Å². The minimum atomic E-state index is -3.81. The van der Waals surface area contributed by atoms with E-state index >= 15 is 0 Å². The fourth-order valence-electron chi connectivity index (χ4n) is 3.42. The number of rotatable bonds is 4. The number of sulfonamides is 1. The first-order chi connectivity index (χ1) is 13.5. The Kier molecular flexibility index (Phi) is 5.78.